The van der Waals surface area contributed by atoms with Gasteiger partial charge in [0.1, 0.15) is 9.77 Å². The van der Waals surface area contributed by atoms with Gasteiger partial charge in [0.05, 0.1) is 3.79 Å². The summed E-state index contributed by atoms with van der Waals surface area (Å²) < 4.78 is 26.5. The molecule has 2 N–H and O–H groups in total. The lowest BCUT2D eigenvalue weighted by Crippen LogP contribution is -2.14. The van der Waals surface area contributed by atoms with E-state index in [2.05, 4.69) is 30.6 Å². The molecule has 2 rings (SSSR count). The quantitative estimate of drug-likeness (QED) is 0.856. The van der Waals surface area contributed by atoms with Gasteiger partial charge in [0.15, 0.2) is 0 Å². The van der Waals surface area contributed by atoms with Crippen LogP contribution in [0.1, 0.15) is 9.67 Å². The lowest BCUT2D eigenvalue weighted by molar-refractivity contribution is 0.0702. The van der Waals surface area contributed by atoms with Crippen LogP contribution in [0.4, 0.5) is 5.95 Å². The molecule has 0 aromatic carbocycles. The first kappa shape index (κ1) is 13.9. The fourth-order valence-corrected chi connectivity index (χ4v) is 4.53. The average molecular weight is 364 g/mol. The Morgan fingerprint density at radius 2 is 2.00 bits per heavy atom. The molecule has 10 heteroatoms. The van der Waals surface area contributed by atoms with Crippen LogP contribution in [0.25, 0.3) is 0 Å². The summed E-state index contributed by atoms with van der Waals surface area (Å²) >= 11 is 3.85. The zero-order chi connectivity index (χ0) is 14.0. The number of carboxylic acids is 1. The van der Waals surface area contributed by atoms with Gasteiger partial charge < -0.3 is 5.11 Å². The SMILES string of the molecule is O=C(O)c1cc(S(=O)(=O)Nc2ncccn2)c(Br)s1. The molecule has 0 fully saturated rings. The van der Waals surface area contributed by atoms with E-state index in [1.807, 2.05) is 0 Å². The highest BCUT2D eigenvalue weighted by molar-refractivity contribution is 9.11. The first-order chi connectivity index (χ1) is 8.90. The molecular weight excluding hydrogens is 358 g/mol. The molecule has 2 heterocycles. The van der Waals surface area contributed by atoms with Crippen LogP contribution in [-0.2, 0) is 10.0 Å². The Hall–Kier alpha value is -1.52. The fraction of sp³-hybridized carbons (Fsp3) is 0. The van der Waals surface area contributed by atoms with Gasteiger partial charge in [0, 0.05) is 12.4 Å². The Kier molecular flexibility index (Phi) is 3.83. The maximum absolute atomic E-state index is 12.1. The lowest BCUT2D eigenvalue weighted by atomic mass is 10.5. The number of anilines is 1. The van der Waals surface area contributed by atoms with Crippen molar-refractivity contribution in [2.45, 2.75) is 4.90 Å². The van der Waals surface area contributed by atoms with E-state index in [9.17, 15) is 13.2 Å². The van der Waals surface area contributed by atoms with Gasteiger partial charge in [-0.05, 0) is 28.1 Å². The summed E-state index contributed by atoms with van der Waals surface area (Å²) in [6.07, 6.45) is 2.77. The minimum atomic E-state index is -3.93. The molecule has 0 spiro atoms. The van der Waals surface area contributed by atoms with Crippen LogP contribution in [0.3, 0.4) is 0 Å². The van der Waals surface area contributed by atoms with E-state index in [1.165, 1.54) is 12.4 Å². The maximum Gasteiger partial charge on any atom is 0.345 e. The van der Waals surface area contributed by atoms with Gasteiger partial charge in [0.25, 0.3) is 10.0 Å². The molecule has 0 radical (unpaired) electrons. The topological polar surface area (TPSA) is 109 Å². The monoisotopic (exact) mass is 363 g/mol. The van der Waals surface area contributed by atoms with E-state index >= 15 is 0 Å². The van der Waals surface area contributed by atoms with Gasteiger partial charge >= 0.3 is 5.97 Å². The molecular formula is C9H6BrN3O4S2. The van der Waals surface area contributed by atoms with E-state index in [1.54, 1.807) is 6.07 Å². The first-order valence-electron chi connectivity index (χ1n) is 4.72. The number of rotatable bonds is 4. The third-order valence-electron chi connectivity index (χ3n) is 1.95. The van der Waals surface area contributed by atoms with Crippen molar-refractivity contribution in [3.63, 3.8) is 0 Å². The van der Waals surface area contributed by atoms with Crippen molar-refractivity contribution >= 4 is 49.2 Å². The summed E-state index contributed by atoms with van der Waals surface area (Å²) in [5, 5.41) is 8.83. The molecule has 100 valence electrons. The van der Waals surface area contributed by atoms with Crippen LogP contribution < -0.4 is 4.72 Å². The molecule has 19 heavy (non-hydrogen) atoms. The average Bonchev–Trinajstić information content (AvgIpc) is 2.73. The molecule has 0 bridgehead atoms. The molecule has 0 saturated carbocycles. The maximum atomic E-state index is 12.1. The van der Waals surface area contributed by atoms with Crippen LogP contribution in [0.2, 0.25) is 0 Å². The van der Waals surface area contributed by atoms with Crippen molar-refractivity contribution in [3.05, 3.63) is 33.2 Å². The molecule has 2 aromatic rings. The Bertz CT molecular complexity index is 714. The van der Waals surface area contributed by atoms with Gasteiger partial charge in [-0.3, -0.25) is 0 Å². The van der Waals surface area contributed by atoms with Gasteiger partial charge in [-0.1, -0.05) is 0 Å². The number of carbonyl (C=O) groups is 1. The number of carboxylic acid groups (broad SMARTS) is 1. The summed E-state index contributed by atoms with van der Waals surface area (Å²) in [4.78, 5) is 18.0. The Morgan fingerprint density at radius 3 is 2.53 bits per heavy atom. The third-order valence-corrected chi connectivity index (χ3v) is 5.52. The number of aromatic nitrogens is 2. The number of hydrogen-bond acceptors (Lipinski definition) is 6. The van der Waals surface area contributed by atoms with Crippen molar-refractivity contribution < 1.29 is 18.3 Å². The molecule has 2 aromatic heterocycles. The molecule has 0 unspecified atom stereocenters. The lowest BCUT2D eigenvalue weighted by Gasteiger charge is -2.04. The van der Waals surface area contributed by atoms with Crippen molar-refractivity contribution in [1.29, 1.82) is 0 Å². The number of hydrogen-bond donors (Lipinski definition) is 2. The minimum absolute atomic E-state index is 0.0822. The Morgan fingerprint density at radius 1 is 1.37 bits per heavy atom. The van der Waals surface area contributed by atoms with E-state index < -0.39 is 16.0 Å². The number of nitrogens with one attached hydrogen (secondary N) is 1. The minimum Gasteiger partial charge on any atom is -0.477 e. The number of thiophene rings is 1. The van der Waals surface area contributed by atoms with Gasteiger partial charge in [-0.15, -0.1) is 11.3 Å². The largest absolute Gasteiger partial charge is 0.477 e. The first-order valence-corrected chi connectivity index (χ1v) is 7.82. The van der Waals surface area contributed by atoms with Crippen molar-refractivity contribution in [2.24, 2.45) is 0 Å². The fourth-order valence-electron chi connectivity index (χ4n) is 1.17. The van der Waals surface area contributed by atoms with E-state index in [-0.39, 0.29) is 19.5 Å². The predicted molar refractivity (Wildman–Crippen MR) is 71.8 cm³/mol. The Balaban J connectivity index is 2.37. The molecule has 0 atom stereocenters. The summed E-state index contributed by atoms with van der Waals surface area (Å²) in [5.41, 5.74) is 0. The predicted octanol–water partition coefficient (Wildman–Crippen LogP) is 1.80. The van der Waals surface area contributed by atoms with E-state index in [4.69, 9.17) is 5.11 Å². The highest BCUT2D eigenvalue weighted by Crippen LogP contribution is 2.32. The zero-order valence-corrected chi connectivity index (χ0v) is 12.3. The van der Waals surface area contributed by atoms with Gasteiger partial charge in [-0.25, -0.2) is 27.9 Å². The van der Waals surface area contributed by atoms with Crippen molar-refractivity contribution in [1.82, 2.24) is 9.97 Å². The Labute approximate surface area is 120 Å². The highest BCUT2D eigenvalue weighted by atomic mass is 79.9. The number of aromatic carboxylic acids is 1. The summed E-state index contributed by atoms with van der Waals surface area (Å²) in [5.74, 6) is -1.28. The van der Waals surface area contributed by atoms with E-state index in [0.717, 1.165) is 17.4 Å². The molecule has 0 amide bonds. The smallest absolute Gasteiger partial charge is 0.345 e. The van der Waals surface area contributed by atoms with Crippen LogP contribution in [-0.4, -0.2) is 29.5 Å². The van der Waals surface area contributed by atoms with E-state index in [0.29, 0.717) is 0 Å². The number of nitrogens with zero attached hydrogens (tertiary/aromatic N) is 2. The molecule has 0 aliphatic carbocycles. The zero-order valence-electron chi connectivity index (χ0n) is 9.07. The molecule has 7 nitrogen and oxygen atoms in total. The van der Waals surface area contributed by atoms with Crippen molar-refractivity contribution in [2.75, 3.05) is 4.72 Å². The standard InChI is InChI=1S/C9H6BrN3O4S2/c10-7-6(4-5(18-7)8(14)15)19(16,17)13-9-11-2-1-3-12-9/h1-4H,(H,14,15)(H,11,12,13). The normalized spacial score (nSPS) is 11.2. The van der Waals surface area contributed by atoms with Crippen LogP contribution >= 0.6 is 27.3 Å². The number of halogens is 1. The third kappa shape index (κ3) is 3.08. The second-order valence-corrected chi connectivity index (χ2v) is 7.25. The highest BCUT2D eigenvalue weighted by Gasteiger charge is 2.23. The van der Waals surface area contributed by atoms with Gasteiger partial charge in [-0.2, -0.15) is 0 Å². The summed E-state index contributed by atoms with van der Waals surface area (Å²) in [6.45, 7) is 0. The second kappa shape index (κ2) is 5.23. The van der Waals surface area contributed by atoms with Crippen LogP contribution in [0.5, 0.6) is 0 Å². The molecule has 0 aliphatic heterocycles. The summed E-state index contributed by atoms with van der Waals surface area (Å²) in [6, 6.07) is 2.61. The van der Waals surface area contributed by atoms with Crippen molar-refractivity contribution in [3.8, 4) is 0 Å². The molecule has 0 aliphatic rings. The molecule has 0 saturated heterocycles. The van der Waals surface area contributed by atoms with Crippen LogP contribution in [0.15, 0.2) is 33.2 Å². The second-order valence-electron chi connectivity index (χ2n) is 3.23. The van der Waals surface area contributed by atoms with Gasteiger partial charge in [0.2, 0.25) is 5.95 Å². The summed E-state index contributed by atoms with van der Waals surface area (Å²) in [7, 11) is -3.93. The number of sulfonamides is 1. The van der Waals surface area contributed by atoms with Crippen LogP contribution in [0, 0.1) is 0 Å².